The first-order chi connectivity index (χ1) is 7.13. The van der Waals surface area contributed by atoms with Gasteiger partial charge in [0.25, 0.3) is 0 Å². The molecule has 0 saturated heterocycles. The van der Waals surface area contributed by atoms with Gasteiger partial charge in [-0.2, -0.15) is 0 Å². The molecule has 84 valence electrons. The summed E-state index contributed by atoms with van der Waals surface area (Å²) in [6.07, 6.45) is 0.789. The van der Waals surface area contributed by atoms with Gasteiger partial charge in [0, 0.05) is 28.1 Å². The fourth-order valence-corrected chi connectivity index (χ4v) is 1.91. The third kappa shape index (κ3) is 4.64. The number of benzene rings is 1. The van der Waals surface area contributed by atoms with Crippen molar-refractivity contribution in [1.29, 1.82) is 0 Å². The largest absolute Gasteiger partial charge is 0.396 e. The lowest BCUT2D eigenvalue weighted by atomic mass is 10.2. The van der Waals surface area contributed by atoms with Crippen LogP contribution in [0.25, 0.3) is 0 Å². The smallest absolute Gasteiger partial charge is 0.0445 e. The monoisotopic (exact) mass is 335 g/mol. The molecule has 2 nitrogen and oxygen atoms in total. The van der Waals surface area contributed by atoms with Crippen LogP contribution in [-0.2, 0) is 6.54 Å². The molecular weight excluding hydrogens is 322 g/mol. The van der Waals surface area contributed by atoms with Crippen LogP contribution in [0.2, 0.25) is 0 Å². The summed E-state index contributed by atoms with van der Waals surface area (Å²) < 4.78 is 2.13. The van der Waals surface area contributed by atoms with Gasteiger partial charge in [0.1, 0.15) is 0 Å². The molecule has 0 saturated carbocycles. The Morgan fingerprint density at radius 1 is 1.33 bits per heavy atom. The first kappa shape index (κ1) is 13.2. The van der Waals surface area contributed by atoms with Gasteiger partial charge in [-0.25, -0.2) is 0 Å². The van der Waals surface area contributed by atoms with Gasteiger partial charge in [0.05, 0.1) is 0 Å². The average Bonchev–Trinajstić information content (AvgIpc) is 2.20. The number of nitrogens with one attached hydrogen (secondary N) is 1. The van der Waals surface area contributed by atoms with E-state index in [1.165, 1.54) is 5.56 Å². The lowest BCUT2D eigenvalue weighted by Gasteiger charge is -2.12. The lowest BCUT2D eigenvalue weighted by Crippen LogP contribution is -2.26. The number of aliphatic hydroxyl groups is 1. The summed E-state index contributed by atoms with van der Waals surface area (Å²) in [4.78, 5) is 0. The van der Waals surface area contributed by atoms with Gasteiger partial charge in [-0.05, 0) is 62.9 Å². The normalized spacial score (nSPS) is 12.8. The van der Waals surface area contributed by atoms with Gasteiger partial charge in [-0.3, -0.25) is 0 Å². The highest BCUT2D eigenvalue weighted by Gasteiger charge is 2.02. The van der Waals surface area contributed by atoms with E-state index in [0.29, 0.717) is 6.04 Å². The van der Waals surface area contributed by atoms with Crippen LogP contribution in [0.1, 0.15) is 18.9 Å². The minimum Gasteiger partial charge on any atom is -0.396 e. The molecule has 15 heavy (non-hydrogen) atoms. The van der Waals surface area contributed by atoms with Gasteiger partial charge in [0.2, 0.25) is 0 Å². The van der Waals surface area contributed by atoms with Crippen LogP contribution < -0.4 is 5.32 Å². The van der Waals surface area contributed by atoms with Crippen molar-refractivity contribution in [3.8, 4) is 0 Å². The van der Waals surface area contributed by atoms with E-state index in [9.17, 15) is 0 Å². The number of halogens is 2. The lowest BCUT2D eigenvalue weighted by molar-refractivity contribution is 0.268. The van der Waals surface area contributed by atoms with Crippen molar-refractivity contribution < 1.29 is 5.11 Å². The van der Waals surface area contributed by atoms with Crippen LogP contribution in [0, 0.1) is 0 Å². The van der Waals surface area contributed by atoms with Crippen molar-refractivity contribution in [3.63, 3.8) is 0 Å². The number of rotatable bonds is 5. The highest BCUT2D eigenvalue weighted by molar-refractivity contribution is 9.13. The predicted octanol–water partition coefficient (Wildman–Crippen LogP) is 3.07. The van der Waals surface area contributed by atoms with Gasteiger partial charge < -0.3 is 10.4 Å². The summed E-state index contributed by atoms with van der Waals surface area (Å²) in [5.74, 6) is 0. The zero-order valence-corrected chi connectivity index (χ0v) is 11.8. The Kier molecular flexibility index (Phi) is 5.82. The quantitative estimate of drug-likeness (QED) is 0.866. The zero-order chi connectivity index (χ0) is 11.3. The maximum Gasteiger partial charge on any atom is 0.0445 e. The molecule has 4 heteroatoms. The standard InChI is InChI=1S/C11H15Br2NO/c1-8(4-5-15)14-7-9-2-3-10(12)11(13)6-9/h2-3,6,8,14-15H,4-5,7H2,1H3. The van der Waals surface area contributed by atoms with Crippen LogP contribution in [0.4, 0.5) is 0 Å². The van der Waals surface area contributed by atoms with Crippen molar-refractivity contribution in [2.75, 3.05) is 6.61 Å². The summed E-state index contributed by atoms with van der Waals surface area (Å²) in [5, 5.41) is 12.1. The summed E-state index contributed by atoms with van der Waals surface area (Å²) in [5.41, 5.74) is 1.23. The van der Waals surface area contributed by atoms with E-state index in [1.54, 1.807) is 0 Å². The van der Waals surface area contributed by atoms with Gasteiger partial charge in [-0.15, -0.1) is 0 Å². The van der Waals surface area contributed by atoms with E-state index >= 15 is 0 Å². The molecule has 0 aliphatic rings. The number of hydrogen-bond donors (Lipinski definition) is 2. The molecule has 0 radical (unpaired) electrons. The molecule has 0 aromatic heterocycles. The average molecular weight is 337 g/mol. The van der Waals surface area contributed by atoms with E-state index in [1.807, 2.05) is 6.07 Å². The van der Waals surface area contributed by atoms with Gasteiger partial charge in [-0.1, -0.05) is 6.07 Å². The summed E-state index contributed by atoms with van der Waals surface area (Å²) in [6, 6.07) is 6.53. The third-order valence-electron chi connectivity index (χ3n) is 2.20. The predicted molar refractivity (Wildman–Crippen MR) is 69.8 cm³/mol. The second-order valence-corrected chi connectivity index (χ2v) is 5.25. The number of aliphatic hydroxyl groups excluding tert-OH is 1. The Morgan fingerprint density at radius 3 is 2.67 bits per heavy atom. The first-order valence-corrected chi connectivity index (χ1v) is 6.50. The highest BCUT2D eigenvalue weighted by atomic mass is 79.9. The first-order valence-electron chi connectivity index (χ1n) is 4.91. The highest BCUT2D eigenvalue weighted by Crippen LogP contribution is 2.23. The zero-order valence-electron chi connectivity index (χ0n) is 8.63. The maximum atomic E-state index is 8.76. The summed E-state index contributed by atoms with van der Waals surface area (Å²) in [7, 11) is 0. The minimum absolute atomic E-state index is 0.234. The minimum atomic E-state index is 0.234. The Bertz CT molecular complexity index is 317. The van der Waals surface area contributed by atoms with Crippen LogP contribution in [0.5, 0.6) is 0 Å². The van der Waals surface area contributed by atoms with E-state index in [2.05, 4.69) is 56.2 Å². The molecule has 0 bridgehead atoms. The summed E-state index contributed by atoms with van der Waals surface area (Å²) in [6.45, 7) is 3.13. The molecule has 0 amide bonds. The van der Waals surface area contributed by atoms with Gasteiger partial charge in [0.15, 0.2) is 0 Å². The Balaban J connectivity index is 2.47. The van der Waals surface area contributed by atoms with E-state index in [0.717, 1.165) is 21.9 Å². The van der Waals surface area contributed by atoms with Crippen molar-refractivity contribution >= 4 is 31.9 Å². The van der Waals surface area contributed by atoms with Crippen molar-refractivity contribution in [2.45, 2.75) is 25.9 Å². The molecule has 0 aliphatic carbocycles. The third-order valence-corrected chi connectivity index (χ3v) is 4.08. The molecule has 0 spiro atoms. The van der Waals surface area contributed by atoms with Gasteiger partial charge >= 0.3 is 0 Å². The van der Waals surface area contributed by atoms with E-state index in [4.69, 9.17) is 5.11 Å². The molecule has 2 N–H and O–H groups in total. The molecule has 1 aromatic rings. The van der Waals surface area contributed by atoms with E-state index in [-0.39, 0.29) is 6.61 Å². The fourth-order valence-electron chi connectivity index (χ4n) is 1.24. The van der Waals surface area contributed by atoms with Crippen molar-refractivity contribution in [3.05, 3.63) is 32.7 Å². The number of hydrogen-bond acceptors (Lipinski definition) is 2. The second kappa shape index (κ2) is 6.63. The topological polar surface area (TPSA) is 32.3 Å². The molecule has 0 aliphatic heterocycles. The molecule has 1 rings (SSSR count). The van der Waals surface area contributed by atoms with E-state index < -0.39 is 0 Å². The molecule has 1 unspecified atom stereocenters. The molecule has 1 aromatic carbocycles. The molecule has 0 fully saturated rings. The van der Waals surface area contributed by atoms with Crippen LogP contribution in [0.3, 0.4) is 0 Å². The Hall–Kier alpha value is 0.1000. The maximum absolute atomic E-state index is 8.76. The van der Waals surface area contributed by atoms with Crippen molar-refractivity contribution in [2.24, 2.45) is 0 Å². The fraction of sp³-hybridized carbons (Fsp3) is 0.455. The summed E-state index contributed by atoms with van der Waals surface area (Å²) >= 11 is 6.90. The SMILES string of the molecule is CC(CCO)NCc1ccc(Br)c(Br)c1. The molecule has 1 atom stereocenters. The molecule has 0 heterocycles. The second-order valence-electron chi connectivity index (χ2n) is 3.54. The van der Waals surface area contributed by atoms with Crippen LogP contribution in [-0.4, -0.2) is 17.8 Å². The van der Waals surface area contributed by atoms with Crippen LogP contribution >= 0.6 is 31.9 Å². The molecular formula is C11H15Br2NO. The van der Waals surface area contributed by atoms with Crippen molar-refractivity contribution in [1.82, 2.24) is 5.32 Å². The van der Waals surface area contributed by atoms with Crippen LogP contribution in [0.15, 0.2) is 27.1 Å². The Morgan fingerprint density at radius 2 is 2.07 bits per heavy atom. The Labute approximate surface area is 107 Å².